The van der Waals surface area contributed by atoms with Crippen LogP contribution in [0.1, 0.15) is 32.1 Å². The second-order valence-electron chi connectivity index (χ2n) is 9.93. The molecule has 7 rings (SSSR count). The second-order valence-corrected chi connectivity index (χ2v) is 9.93. The number of fused-ring (bicyclic) bond motifs is 2. The predicted octanol–water partition coefficient (Wildman–Crippen LogP) is 7.11. The standard InChI is InChI=1S/C30H26FN7/c31-21-7-4-6-18(12-21)24-10-5-11-26-27(24)36-30(35-26)28-25-14-20(16-33-29(25)38-37-28)19-13-23(17-32-15-19)34-22-8-2-1-3-9-22/h4-7,10-17,22,34H,1-3,8-9H2,(H,35,36)(H,33,37,38). The van der Waals surface area contributed by atoms with Crippen molar-refractivity contribution in [1.29, 1.82) is 0 Å². The summed E-state index contributed by atoms with van der Waals surface area (Å²) in [6.45, 7) is 0. The van der Waals surface area contributed by atoms with Crippen LogP contribution in [0.15, 0.2) is 73.2 Å². The van der Waals surface area contributed by atoms with Gasteiger partial charge in [0.15, 0.2) is 11.5 Å². The lowest BCUT2D eigenvalue weighted by molar-refractivity contribution is 0.462. The van der Waals surface area contributed by atoms with E-state index in [1.54, 1.807) is 6.07 Å². The predicted molar refractivity (Wildman–Crippen MR) is 148 cm³/mol. The fourth-order valence-corrected chi connectivity index (χ4v) is 5.44. The molecule has 4 heterocycles. The highest BCUT2D eigenvalue weighted by atomic mass is 19.1. The van der Waals surface area contributed by atoms with Crippen molar-refractivity contribution >= 4 is 27.8 Å². The van der Waals surface area contributed by atoms with Gasteiger partial charge in [-0.05, 0) is 48.7 Å². The van der Waals surface area contributed by atoms with Crippen LogP contribution in [-0.2, 0) is 0 Å². The summed E-state index contributed by atoms with van der Waals surface area (Å²) in [7, 11) is 0. The quantitative estimate of drug-likeness (QED) is 0.233. The van der Waals surface area contributed by atoms with Crippen LogP contribution in [0.5, 0.6) is 0 Å². The van der Waals surface area contributed by atoms with Crippen LogP contribution >= 0.6 is 0 Å². The minimum atomic E-state index is -0.277. The lowest BCUT2D eigenvalue weighted by Gasteiger charge is -2.23. The van der Waals surface area contributed by atoms with Gasteiger partial charge >= 0.3 is 0 Å². The van der Waals surface area contributed by atoms with Crippen LogP contribution in [0.2, 0.25) is 0 Å². The summed E-state index contributed by atoms with van der Waals surface area (Å²) in [6.07, 6.45) is 11.9. The van der Waals surface area contributed by atoms with Crippen molar-refractivity contribution < 1.29 is 4.39 Å². The molecule has 3 N–H and O–H groups in total. The number of hydrogen-bond acceptors (Lipinski definition) is 5. The summed E-state index contributed by atoms with van der Waals surface area (Å²) in [5, 5.41) is 12.0. The van der Waals surface area contributed by atoms with Crippen LogP contribution in [0.25, 0.3) is 55.8 Å². The molecule has 0 unspecified atom stereocenters. The summed E-state index contributed by atoms with van der Waals surface area (Å²) >= 11 is 0. The van der Waals surface area contributed by atoms with E-state index in [9.17, 15) is 4.39 Å². The first-order chi connectivity index (χ1) is 18.7. The Balaban J connectivity index is 1.26. The van der Waals surface area contributed by atoms with Gasteiger partial charge in [-0.1, -0.05) is 43.5 Å². The summed E-state index contributed by atoms with van der Waals surface area (Å²) in [5.74, 6) is 0.372. The lowest BCUT2D eigenvalue weighted by atomic mass is 9.95. The Morgan fingerprint density at radius 1 is 0.868 bits per heavy atom. The van der Waals surface area contributed by atoms with Gasteiger partial charge < -0.3 is 10.3 Å². The molecular formula is C30H26FN7. The SMILES string of the molecule is Fc1cccc(-c2cccc3[nH]c(-c4[nH]nc5ncc(-c6cncc(NC7CCCCC7)c6)cc45)nc23)c1. The second kappa shape index (κ2) is 9.37. The molecule has 0 saturated heterocycles. The molecule has 0 amide bonds. The van der Waals surface area contributed by atoms with Gasteiger partial charge in [-0.25, -0.2) is 14.4 Å². The average molecular weight is 504 g/mol. The maximum atomic E-state index is 13.9. The molecule has 0 radical (unpaired) electrons. The molecule has 38 heavy (non-hydrogen) atoms. The Kier molecular flexibility index (Phi) is 5.57. The van der Waals surface area contributed by atoms with E-state index in [-0.39, 0.29) is 5.82 Å². The number of halogens is 1. The molecule has 7 nitrogen and oxygen atoms in total. The number of rotatable bonds is 5. The van der Waals surface area contributed by atoms with E-state index in [4.69, 9.17) is 4.98 Å². The van der Waals surface area contributed by atoms with Crippen LogP contribution in [-0.4, -0.2) is 36.2 Å². The topological polar surface area (TPSA) is 95.2 Å². The summed E-state index contributed by atoms with van der Waals surface area (Å²) in [4.78, 5) is 17.4. The Morgan fingerprint density at radius 2 is 1.74 bits per heavy atom. The van der Waals surface area contributed by atoms with Gasteiger partial charge in [-0.3, -0.25) is 10.1 Å². The van der Waals surface area contributed by atoms with Crippen LogP contribution in [0.4, 0.5) is 10.1 Å². The molecule has 0 spiro atoms. The van der Waals surface area contributed by atoms with E-state index in [0.29, 0.717) is 17.5 Å². The zero-order valence-electron chi connectivity index (χ0n) is 20.7. The van der Waals surface area contributed by atoms with Crippen molar-refractivity contribution in [3.63, 3.8) is 0 Å². The Morgan fingerprint density at radius 3 is 2.63 bits per heavy atom. The number of aromatic amines is 2. The number of anilines is 1. The molecule has 1 fully saturated rings. The first-order valence-electron chi connectivity index (χ1n) is 13.0. The fourth-order valence-electron chi connectivity index (χ4n) is 5.44. The minimum absolute atomic E-state index is 0.277. The van der Waals surface area contributed by atoms with E-state index in [1.165, 1.54) is 44.2 Å². The van der Waals surface area contributed by atoms with Gasteiger partial charge in [-0.15, -0.1) is 0 Å². The first-order valence-corrected chi connectivity index (χ1v) is 13.0. The molecule has 1 aliphatic carbocycles. The van der Waals surface area contributed by atoms with E-state index in [1.807, 2.05) is 42.9 Å². The largest absolute Gasteiger partial charge is 0.381 e. The normalized spacial score (nSPS) is 14.3. The maximum Gasteiger partial charge on any atom is 0.181 e. The molecular weight excluding hydrogens is 477 g/mol. The van der Waals surface area contributed by atoms with Crippen molar-refractivity contribution in [1.82, 2.24) is 30.1 Å². The molecule has 4 aromatic heterocycles. The number of imidazole rings is 1. The first kappa shape index (κ1) is 22.6. The average Bonchev–Trinajstić information content (AvgIpc) is 3.57. The zero-order chi connectivity index (χ0) is 25.5. The minimum Gasteiger partial charge on any atom is -0.381 e. The van der Waals surface area contributed by atoms with Gasteiger partial charge in [0.1, 0.15) is 11.5 Å². The zero-order valence-corrected chi connectivity index (χ0v) is 20.7. The number of pyridine rings is 2. The van der Waals surface area contributed by atoms with E-state index < -0.39 is 0 Å². The summed E-state index contributed by atoms with van der Waals surface area (Å²) in [6, 6.07) is 17.1. The van der Waals surface area contributed by atoms with Crippen molar-refractivity contribution in [2.24, 2.45) is 0 Å². The van der Waals surface area contributed by atoms with Crippen molar-refractivity contribution in [3.05, 3.63) is 79.0 Å². The summed E-state index contributed by atoms with van der Waals surface area (Å²) < 4.78 is 13.9. The highest BCUT2D eigenvalue weighted by Crippen LogP contribution is 2.33. The Hall–Kier alpha value is -4.59. The Labute approximate surface area is 218 Å². The van der Waals surface area contributed by atoms with Crippen LogP contribution in [0, 0.1) is 5.82 Å². The van der Waals surface area contributed by atoms with Crippen molar-refractivity contribution in [3.8, 4) is 33.8 Å². The molecule has 8 heteroatoms. The smallest absolute Gasteiger partial charge is 0.181 e. The highest BCUT2D eigenvalue weighted by Gasteiger charge is 2.17. The molecule has 6 aromatic rings. The summed E-state index contributed by atoms with van der Waals surface area (Å²) in [5.41, 5.74) is 7.61. The Bertz CT molecular complexity index is 1760. The number of nitrogens with one attached hydrogen (secondary N) is 3. The molecule has 0 bridgehead atoms. The number of para-hydroxylation sites is 1. The molecule has 2 aromatic carbocycles. The number of aromatic nitrogens is 6. The van der Waals surface area contributed by atoms with Gasteiger partial charge in [0.05, 0.1) is 22.1 Å². The number of nitrogens with zero attached hydrogens (tertiary/aromatic N) is 4. The van der Waals surface area contributed by atoms with E-state index >= 15 is 0 Å². The van der Waals surface area contributed by atoms with Gasteiger partial charge in [-0.2, -0.15) is 5.10 Å². The number of H-pyrrole nitrogens is 2. The van der Waals surface area contributed by atoms with E-state index in [2.05, 4.69) is 42.6 Å². The molecule has 188 valence electrons. The van der Waals surface area contributed by atoms with Gasteiger partial charge in [0.2, 0.25) is 0 Å². The molecule has 0 atom stereocenters. The molecule has 1 saturated carbocycles. The van der Waals surface area contributed by atoms with E-state index in [0.717, 1.165) is 50.1 Å². The van der Waals surface area contributed by atoms with Gasteiger partial charge in [0.25, 0.3) is 0 Å². The highest BCUT2D eigenvalue weighted by molar-refractivity contribution is 5.97. The fraction of sp³-hybridized carbons (Fsp3) is 0.200. The third-order valence-corrected chi connectivity index (χ3v) is 7.34. The number of hydrogen-bond donors (Lipinski definition) is 3. The lowest BCUT2D eigenvalue weighted by Crippen LogP contribution is -2.22. The molecule has 1 aliphatic rings. The van der Waals surface area contributed by atoms with Crippen molar-refractivity contribution in [2.75, 3.05) is 5.32 Å². The molecule has 0 aliphatic heterocycles. The van der Waals surface area contributed by atoms with Crippen molar-refractivity contribution in [2.45, 2.75) is 38.1 Å². The monoisotopic (exact) mass is 503 g/mol. The maximum absolute atomic E-state index is 13.9. The third-order valence-electron chi connectivity index (χ3n) is 7.34. The van der Waals surface area contributed by atoms with Crippen LogP contribution in [0.3, 0.4) is 0 Å². The third kappa shape index (κ3) is 4.18. The van der Waals surface area contributed by atoms with Crippen LogP contribution < -0.4 is 5.32 Å². The van der Waals surface area contributed by atoms with Gasteiger partial charge in [0, 0.05) is 41.3 Å². The number of benzene rings is 2.